The van der Waals surface area contributed by atoms with Crippen LogP contribution in [0.15, 0.2) is 65.1 Å². The molecule has 0 bridgehead atoms. The summed E-state index contributed by atoms with van der Waals surface area (Å²) < 4.78 is 19.5. The number of hydrogen-bond acceptors (Lipinski definition) is 4. The number of para-hydroxylation sites is 2. The second-order valence-electron chi connectivity index (χ2n) is 6.41. The van der Waals surface area contributed by atoms with Crippen molar-refractivity contribution in [3.05, 3.63) is 72.2 Å². The number of aromatic hydroxyl groups is 1. The quantitative estimate of drug-likeness (QED) is 0.767. The molecular weight excluding hydrogens is 347 g/mol. The molecule has 6 heteroatoms. The Balaban J connectivity index is 1.44. The Labute approximate surface area is 156 Å². The molecule has 0 radical (unpaired) electrons. The summed E-state index contributed by atoms with van der Waals surface area (Å²) in [4.78, 5) is 16.5. The highest BCUT2D eigenvalue weighted by Crippen LogP contribution is 2.28. The van der Waals surface area contributed by atoms with Gasteiger partial charge in [-0.15, -0.1) is 0 Å². The zero-order valence-electron chi connectivity index (χ0n) is 14.6. The van der Waals surface area contributed by atoms with E-state index in [0.29, 0.717) is 37.5 Å². The molecule has 1 amide bonds. The molecule has 0 spiro atoms. The van der Waals surface area contributed by atoms with Crippen molar-refractivity contribution >= 4 is 11.6 Å². The monoisotopic (exact) mass is 366 g/mol. The number of rotatable bonds is 3. The Bertz CT molecular complexity index is 961. The highest BCUT2D eigenvalue weighted by atomic mass is 19.1. The van der Waals surface area contributed by atoms with E-state index < -0.39 is 0 Å². The van der Waals surface area contributed by atoms with Crippen molar-refractivity contribution in [2.45, 2.75) is 0 Å². The van der Waals surface area contributed by atoms with Crippen LogP contribution in [0.3, 0.4) is 0 Å². The maximum absolute atomic E-state index is 13.9. The van der Waals surface area contributed by atoms with Crippen molar-refractivity contribution in [1.82, 2.24) is 4.90 Å². The molecule has 0 aliphatic carbocycles. The Morgan fingerprint density at radius 2 is 1.63 bits per heavy atom. The van der Waals surface area contributed by atoms with E-state index in [1.807, 2.05) is 17.0 Å². The molecule has 1 fully saturated rings. The van der Waals surface area contributed by atoms with Crippen LogP contribution < -0.4 is 4.90 Å². The van der Waals surface area contributed by atoms with Gasteiger partial charge in [-0.3, -0.25) is 4.79 Å². The third kappa shape index (κ3) is 3.38. The van der Waals surface area contributed by atoms with Crippen LogP contribution in [0, 0.1) is 5.82 Å². The maximum Gasteiger partial charge on any atom is 0.289 e. The standard InChI is InChI=1S/C21H19FN2O3/c22-16-6-2-1-5-15(16)19-9-10-20(27-19)21(26)24-13-11-23(12-14-24)17-7-3-4-8-18(17)25/h1-10,25H,11-14H2. The first-order valence-corrected chi connectivity index (χ1v) is 8.80. The van der Waals surface area contributed by atoms with Crippen molar-refractivity contribution in [3.63, 3.8) is 0 Å². The summed E-state index contributed by atoms with van der Waals surface area (Å²) in [6, 6.07) is 16.7. The number of halogens is 1. The summed E-state index contributed by atoms with van der Waals surface area (Å²) in [5.41, 5.74) is 1.10. The van der Waals surface area contributed by atoms with Crippen molar-refractivity contribution in [2.75, 3.05) is 31.1 Å². The predicted molar refractivity (Wildman–Crippen MR) is 100 cm³/mol. The Hall–Kier alpha value is -3.28. The number of carbonyl (C=O) groups excluding carboxylic acids is 1. The molecule has 138 valence electrons. The van der Waals surface area contributed by atoms with E-state index in [9.17, 15) is 14.3 Å². The predicted octanol–water partition coefficient (Wildman–Crippen LogP) is 3.75. The van der Waals surface area contributed by atoms with Gasteiger partial charge in [-0.05, 0) is 36.4 Å². The Morgan fingerprint density at radius 1 is 0.926 bits per heavy atom. The average Bonchev–Trinajstić information content (AvgIpc) is 3.18. The normalized spacial score (nSPS) is 14.4. The molecule has 1 saturated heterocycles. The van der Waals surface area contributed by atoms with Gasteiger partial charge in [0.05, 0.1) is 11.3 Å². The number of furan rings is 1. The summed E-state index contributed by atoms with van der Waals surface area (Å²) in [5.74, 6) is 0.169. The van der Waals surface area contributed by atoms with Crippen LogP contribution in [-0.4, -0.2) is 42.1 Å². The van der Waals surface area contributed by atoms with Gasteiger partial charge in [-0.1, -0.05) is 24.3 Å². The third-order valence-electron chi connectivity index (χ3n) is 4.75. The molecule has 3 aromatic rings. The van der Waals surface area contributed by atoms with Crippen LogP contribution in [0.4, 0.5) is 10.1 Å². The van der Waals surface area contributed by atoms with Gasteiger partial charge in [-0.25, -0.2) is 4.39 Å². The van der Waals surface area contributed by atoms with E-state index in [1.165, 1.54) is 6.07 Å². The Morgan fingerprint density at radius 3 is 2.37 bits per heavy atom. The minimum Gasteiger partial charge on any atom is -0.506 e. The fourth-order valence-corrected chi connectivity index (χ4v) is 3.30. The van der Waals surface area contributed by atoms with Gasteiger partial charge in [0.2, 0.25) is 0 Å². The van der Waals surface area contributed by atoms with Crippen LogP contribution in [-0.2, 0) is 0 Å². The second kappa shape index (κ2) is 7.15. The summed E-state index contributed by atoms with van der Waals surface area (Å²) in [5, 5.41) is 9.98. The van der Waals surface area contributed by atoms with Crippen molar-refractivity contribution in [3.8, 4) is 17.1 Å². The molecule has 2 aromatic carbocycles. The van der Waals surface area contributed by atoms with E-state index in [2.05, 4.69) is 0 Å². The van der Waals surface area contributed by atoms with Gasteiger partial charge >= 0.3 is 0 Å². The van der Waals surface area contributed by atoms with Gasteiger partial charge < -0.3 is 19.3 Å². The number of phenolic OH excluding ortho intramolecular Hbond substituents is 1. The highest BCUT2D eigenvalue weighted by molar-refractivity contribution is 5.92. The first-order chi connectivity index (χ1) is 13.1. The first kappa shape index (κ1) is 17.1. The first-order valence-electron chi connectivity index (χ1n) is 8.80. The molecule has 1 N–H and O–H groups in total. The molecule has 4 rings (SSSR count). The van der Waals surface area contributed by atoms with Gasteiger partial charge in [0.25, 0.3) is 5.91 Å². The molecule has 1 aliphatic rings. The topological polar surface area (TPSA) is 56.9 Å². The molecular formula is C21H19FN2O3. The van der Waals surface area contributed by atoms with Gasteiger partial charge in [-0.2, -0.15) is 0 Å². The summed E-state index contributed by atoms with van der Waals surface area (Å²) in [6.45, 7) is 2.26. The van der Waals surface area contributed by atoms with Crippen LogP contribution in [0.2, 0.25) is 0 Å². The minimum atomic E-state index is -0.387. The smallest absolute Gasteiger partial charge is 0.289 e. The molecule has 2 heterocycles. The number of carbonyl (C=O) groups is 1. The molecule has 1 aliphatic heterocycles. The lowest BCUT2D eigenvalue weighted by molar-refractivity contribution is 0.0715. The highest BCUT2D eigenvalue weighted by Gasteiger charge is 2.25. The molecule has 5 nitrogen and oxygen atoms in total. The number of phenols is 1. The number of anilines is 1. The third-order valence-corrected chi connectivity index (χ3v) is 4.75. The summed E-state index contributed by atoms with van der Waals surface area (Å²) >= 11 is 0. The fraction of sp³-hybridized carbons (Fsp3) is 0.190. The molecule has 1 aromatic heterocycles. The fourth-order valence-electron chi connectivity index (χ4n) is 3.30. The number of nitrogens with zero attached hydrogens (tertiary/aromatic N) is 2. The van der Waals surface area contributed by atoms with Crippen LogP contribution in [0.1, 0.15) is 10.6 Å². The van der Waals surface area contributed by atoms with E-state index >= 15 is 0 Å². The lowest BCUT2D eigenvalue weighted by atomic mass is 10.1. The SMILES string of the molecule is O=C(c1ccc(-c2ccccc2F)o1)N1CCN(c2ccccc2O)CC1. The average molecular weight is 366 g/mol. The largest absolute Gasteiger partial charge is 0.506 e. The summed E-state index contributed by atoms with van der Waals surface area (Å²) in [6.07, 6.45) is 0. The van der Waals surface area contributed by atoms with Crippen LogP contribution >= 0.6 is 0 Å². The molecule has 0 unspecified atom stereocenters. The van der Waals surface area contributed by atoms with Crippen LogP contribution in [0.5, 0.6) is 5.75 Å². The van der Waals surface area contributed by atoms with Gasteiger partial charge in [0.1, 0.15) is 17.3 Å². The number of amides is 1. The molecule has 0 atom stereocenters. The number of hydrogen-bond donors (Lipinski definition) is 1. The van der Waals surface area contributed by atoms with Crippen molar-refractivity contribution < 1.29 is 18.7 Å². The number of piperazine rings is 1. The zero-order valence-corrected chi connectivity index (χ0v) is 14.6. The van der Waals surface area contributed by atoms with E-state index in [0.717, 1.165) is 5.69 Å². The zero-order chi connectivity index (χ0) is 18.8. The van der Waals surface area contributed by atoms with Crippen molar-refractivity contribution in [1.29, 1.82) is 0 Å². The van der Waals surface area contributed by atoms with E-state index in [1.54, 1.807) is 47.4 Å². The van der Waals surface area contributed by atoms with Gasteiger partial charge in [0.15, 0.2) is 5.76 Å². The maximum atomic E-state index is 13.9. The second-order valence-corrected chi connectivity index (χ2v) is 6.41. The minimum absolute atomic E-state index is 0.198. The lowest BCUT2D eigenvalue weighted by Crippen LogP contribution is -2.48. The number of benzene rings is 2. The lowest BCUT2D eigenvalue weighted by Gasteiger charge is -2.35. The van der Waals surface area contributed by atoms with Crippen molar-refractivity contribution in [2.24, 2.45) is 0 Å². The van der Waals surface area contributed by atoms with E-state index in [-0.39, 0.29) is 23.2 Å². The summed E-state index contributed by atoms with van der Waals surface area (Å²) in [7, 11) is 0. The molecule has 0 saturated carbocycles. The van der Waals surface area contributed by atoms with Crippen LogP contribution in [0.25, 0.3) is 11.3 Å². The van der Waals surface area contributed by atoms with E-state index in [4.69, 9.17) is 4.42 Å². The molecule has 27 heavy (non-hydrogen) atoms. The Kier molecular flexibility index (Phi) is 4.54. The van der Waals surface area contributed by atoms with Gasteiger partial charge in [0, 0.05) is 26.2 Å².